The van der Waals surface area contributed by atoms with E-state index in [1.807, 2.05) is 24.3 Å². The molecule has 3 rings (SSSR count). The summed E-state index contributed by atoms with van der Waals surface area (Å²) in [6.45, 7) is 1.76. The van der Waals surface area contributed by atoms with E-state index < -0.39 is 6.10 Å². The molecule has 0 saturated carbocycles. The van der Waals surface area contributed by atoms with Crippen LogP contribution in [0.1, 0.15) is 30.5 Å². The third kappa shape index (κ3) is 3.47. The van der Waals surface area contributed by atoms with E-state index in [1.54, 1.807) is 26.2 Å². The van der Waals surface area contributed by atoms with Gasteiger partial charge in [-0.25, -0.2) is 0 Å². The van der Waals surface area contributed by atoms with Crippen molar-refractivity contribution in [3.05, 3.63) is 59.7 Å². The number of methoxy groups -OCH3 is 1. The molecule has 0 aromatic heterocycles. The van der Waals surface area contributed by atoms with Crippen molar-refractivity contribution in [2.24, 2.45) is 0 Å². The molecule has 4 nitrogen and oxygen atoms in total. The van der Waals surface area contributed by atoms with Gasteiger partial charge in [-0.1, -0.05) is 24.3 Å². The van der Waals surface area contributed by atoms with Gasteiger partial charge in [0, 0.05) is 0 Å². The van der Waals surface area contributed by atoms with E-state index >= 15 is 0 Å². The summed E-state index contributed by atoms with van der Waals surface area (Å²) in [4.78, 5) is 12.4. The van der Waals surface area contributed by atoms with Crippen molar-refractivity contribution in [2.75, 3.05) is 7.11 Å². The standard InChI is InChI=1S/C19H21NO3/c1-13(23-16-10-8-15(22-2)9-11-16)19(21)20-18-12-7-14-5-3-4-6-17(14)18/h3-6,8-11,13,18H,7,12H2,1-2H3,(H,20,21). The summed E-state index contributed by atoms with van der Waals surface area (Å²) >= 11 is 0. The van der Waals surface area contributed by atoms with Crippen LogP contribution in [0, 0.1) is 0 Å². The molecule has 0 saturated heterocycles. The molecule has 0 fully saturated rings. The molecule has 2 aromatic carbocycles. The third-order valence-electron chi connectivity index (χ3n) is 4.19. The summed E-state index contributed by atoms with van der Waals surface area (Å²) in [5.41, 5.74) is 2.54. The summed E-state index contributed by atoms with van der Waals surface area (Å²) in [5, 5.41) is 3.09. The molecule has 0 heterocycles. The lowest BCUT2D eigenvalue weighted by atomic mass is 10.1. The van der Waals surface area contributed by atoms with Gasteiger partial charge in [0.05, 0.1) is 13.2 Å². The molecule has 2 aromatic rings. The van der Waals surface area contributed by atoms with E-state index in [-0.39, 0.29) is 11.9 Å². The monoisotopic (exact) mass is 311 g/mol. The van der Waals surface area contributed by atoms with Crippen LogP contribution in [-0.4, -0.2) is 19.1 Å². The number of hydrogen-bond donors (Lipinski definition) is 1. The van der Waals surface area contributed by atoms with Gasteiger partial charge in [-0.3, -0.25) is 4.79 Å². The molecular formula is C19H21NO3. The molecular weight excluding hydrogens is 290 g/mol. The minimum atomic E-state index is -0.545. The number of aryl methyl sites for hydroxylation is 1. The Morgan fingerprint density at radius 3 is 2.57 bits per heavy atom. The molecule has 1 N–H and O–H groups in total. The first-order chi connectivity index (χ1) is 11.2. The first-order valence-corrected chi connectivity index (χ1v) is 7.86. The largest absolute Gasteiger partial charge is 0.497 e. The Hall–Kier alpha value is -2.49. The van der Waals surface area contributed by atoms with E-state index in [0.29, 0.717) is 5.75 Å². The van der Waals surface area contributed by atoms with Crippen LogP contribution in [0.3, 0.4) is 0 Å². The molecule has 1 amide bonds. The second-order valence-electron chi connectivity index (χ2n) is 5.73. The van der Waals surface area contributed by atoms with Crippen LogP contribution < -0.4 is 14.8 Å². The fraction of sp³-hybridized carbons (Fsp3) is 0.316. The Kier molecular flexibility index (Phi) is 4.51. The number of fused-ring (bicyclic) bond motifs is 1. The van der Waals surface area contributed by atoms with Crippen LogP contribution in [0.15, 0.2) is 48.5 Å². The normalized spacial score (nSPS) is 17.2. The molecule has 1 aliphatic rings. The number of carbonyl (C=O) groups is 1. The van der Waals surface area contributed by atoms with E-state index in [9.17, 15) is 4.79 Å². The maximum Gasteiger partial charge on any atom is 0.261 e. The highest BCUT2D eigenvalue weighted by Gasteiger charge is 2.25. The first-order valence-electron chi connectivity index (χ1n) is 7.86. The summed E-state index contributed by atoms with van der Waals surface area (Å²) in [5.74, 6) is 1.32. The molecule has 0 bridgehead atoms. The summed E-state index contributed by atoms with van der Waals surface area (Å²) in [6, 6.07) is 15.6. The Bertz CT molecular complexity index is 681. The van der Waals surface area contributed by atoms with E-state index in [4.69, 9.17) is 9.47 Å². The van der Waals surface area contributed by atoms with Gasteiger partial charge in [0.25, 0.3) is 5.91 Å². The molecule has 4 heteroatoms. The molecule has 2 unspecified atom stereocenters. The smallest absolute Gasteiger partial charge is 0.261 e. The van der Waals surface area contributed by atoms with Gasteiger partial charge < -0.3 is 14.8 Å². The summed E-state index contributed by atoms with van der Waals surface area (Å²) in [6.07, 6.45) is 1.41. The van der Waals surface area contributed by atoms with Gasteiger partial charge in [-0.05, 0) is 55.2 Å². The van der Waals surface area contributed by atoms with Gasteiger partial charge in [0.15, 0.2) is 6.10 Å². The number of carbonyl (C=O) groups excluding carboxylic acids is 1. The topological polar surface area (TPSA) is 47.6 Å². The average molecular weight is 311 g/mol. The number of nitrogens with one attached hydrogen (secondary N) is 1. The Morgan fingerprint density at radius 1 is 1.13 bits per heavy atom. The number of benzene rings is 2. The van der Waals surface area contributed by atoms with Crippen LogP contribution >= 0.6 is 0 Å². The highest BCUT2D eigenvalue weighted by atomic mass is 16.5. The summed E-state index contributed by atoms with van der Waals surface area (Å²) in [7, 11) is 1.62. The minimum absolute atomic E-state index is 0.0839. The lowest BCUT2D eigenvalue weighted by Crippen LogP contribution is -2.38. The average Bonchev–Trinajstić information content (AvgIpc) is 2.98. The highest BCUT2D eigenvalue weighted by Crippen LogP contribution is 2.30. The van der Waals surface area contributed by atoms with E-state index in [0.717, 1.165) is 18.6 Å². The van der Waals surface area contributed by atoms with Crippen molar-refractivity contribution in [1.82, 2.24) is 5.32 Å². The minimum Gasteiger partial charge on any atom is -0.497 e. The molecule has 2 atom stereocenters. The molecule has 0 radical (unpaired) electrons. The van der Waals surface area contributed by atoms with Gasteiger partial charge in [0.1, 0.15) is 11.5 Å². The van der Waals surface area contributed by atoms with Crippen molar-refractivity contribution < 1.29 is 14.3 Å². The predicted octanol–water partition coefficient (Wildman–Crippen LogP) is 3.27. The third-order valence-corrected chi connectivity index (χ3v) is 4.19. The van der Waals surface area contributed by atoms with Crippen LogP contribution in [0.4, 0.5) is 0 Å². The van der Waals surface area contributed by atoms with E-state index in [2.05, 4.69) is 17.4 Å². The second kappa shape index (κ2) is 6.73. The molecule has 0 spiro atoms. The fourth-order valence-corrected chi connectivity index (χ4v) is 2.91. The lowest BCUT2D eigenvalue weighted by Gasteiger charge is -2.19. The van der Waals surface area contributed by atoms with Gasteiger partial charge in [0.2, 0.25) is 0 Å². The highest BCUT2D eigenvalue weighted by molar-refractivity contribution is 5.81. The first kappa shape index (κ1) is 15.4. The van der Waals surface area contributed by atoms with E-state index in [1.165, 1.54) is 11.1 Å². The van der Waals surface area contributed by atoms with Crippen molar-refractivity contribution in [1.29, 1.82) is 0 Å². The zero-order chi connectivity index (χ0) is 16.2. The maximum atomic E-state index is 12.4. The van der Waals surface area contributed by atoms with Gasteiger partial charge in [-0.15, -0.1) is 0 Å². The van der Waals surface area contributed by atoms with Crippen LogP contribution in [0.5, 0.6) is 11.5 Å². The zero-order valence-electron chi connectivity index (χ0n) is 13.4. The lowest BCUT2D eigenvalue weighted by molar-refractivity contribution is -0.128. The number of ether oxygens (including phenoxy) is 2. The Balaban J connectivity index is 1.59. The maximum absolute atomic E-state index is 12.4. The quantitative estimate of drug-likeness (QED) is 0.922. The van der Waals surface area contributed by atoms with Crippen LogP contribution in [0.25, 0.3) is 0 Å². The zero-order valence-corrected chi connectivity index (χ0v) is 13.4. The van der Waals surface area contributed by atoms with Crippen LogP contribution in [-0.2, 0) is 11.2 Å². The molecule has 0 aliphatic heterocycles. The predicted molar refractivity (Wildman–Crippen MR) is 88.7 cm³/mol. The van der Waals surface area contributed by atoms with Gasteiger partial charge in [-0.2, -0.15) is 0 Å². The van der Waals surface area contributed by atoms with Crippen molar-refractivity contribution in [3.8, 4) is 11.5 Å². The van der Waals surface area contributed by atoms with Gasteiger partial charge >= 0.3 is 0 Å². The molecule has 23 heavy (non-hydrogen) atoms. The Morgan fingerprint density at radius 2 is 1.83 bits per heavy atom. The number of hydrogen-bond acceptors (Lipinski definition) is 3. The second-order valence-corrected chi connectivity index (χ2v) is 5.73. The van der Waals surface area contributed by atoms with Crippen LogP contribution in [0.2, 0.25) is 0 Å². The SMILES string of the molecule is COc1ccc(OC(C)C(=O)NC2CCc3ccccc32)cc1. The fourth-order valence-electron chi connectivity index (χ4n) is 2.91. The number of rotatable bonds is 5. The number of amides is 1. The van der Waals surface area contributed by atoms with Crippen molar-refractivity contribution >= 4 is 5.91 Å². The molecule has 120 valence electrons. The van der Waals surface area contributed by atoms with Crippen molar-refractivity contribution in [3.63, 3.8) is 0 Å². The van der Waals surface area contributed by atoms with Crippen molar-refractivity contribution in [2.45, 2.75) is 31.9 Å². The molecule has 1 aliphatic carbocycles. The Labute approximate surface area is 136 Å². The summed E-state index contributed by atoms with van der Waals surface area (Å²) < 4.78 is 10.8.